The van der Waals surface area contributed by atoms with Crippen LogP contribution in [0.5, 0.6) is 0 Å². The van der Waals surface area contributed by atoms with Crippen molar-refractivity contribution in [2.45, 2.75) is 18.6 Å². The fraction of sp³-hybridized carbons (Fsp3) is 0.348. The van der Waals surface area contributed by atoms with E-state index in [1.807, 2.05) is 6.07 Å². The molecule has 11 heteroatoms. The van der Waals surface area contributed by atoms with Crippen molar-refractivity contribution >= 4 is 23.5 Å². The van der Waals surface area contributed by atoms with E-state index in [1.165, 1.54) is 18.2 Å². The Kier molecular flexibility index (Phi) is 8.11. The third-order valence-electron chi connectivity index (χ3n) is 5.50. The minimum Gasteiger partial charge on any atom is -0.352 e. The van der Waals surface area contributed by atoms with Crippen molar-refractivity contribution in [3.8, 4) is 0 Å². The van der Waals surface area contributed by atoms with E-state index >= 15 is 0 Å². The number of para-hydroxylation sites is 1. The molecule has 2 aromatic carbocycles. The number of benzene rings is 2. The molecule has 4 N–H and O–H groups in total. The average molecular weight is 477 g/mol. The summed E-state index contributed by atoms with van der Waals surface area (Å²) in [4.78, 5) is 39.9. The van der Waals surface area contributed by atoms with Gasteiger partial charge in [0, 0.05) is 26.2 Å². The predicted octanol–water partition coefficient (Wildman–Crippen LogP) is 2.59. The van der Waals surface area contributed by atoms with Gasteiger partial charge in [-0.05, 0) is 17.7 Å². The van der Waals surface area contributed by atoms with Gasteiger partial charge in [0.2, 0.25) is 11.8 Å². The molecule has 1 aliphatic heterocycles. The summed E-state index contributed by atoms with van der Waals surface area (Å²) in [7, 11) is 0. The molecule has 8 nitrogen and oxygen atoms in total. The first-order chi connectivity index (χ1) is 16.1. The standard InChI is InChI=1S/C23H26F3N5O3/c24-23(25,26)17-8-4-5-9-18(17)28-20(32)15-30-10-12-31(13-11-30)21(33)14-19(29-22(27)34)16-6-2-1-3-7-16/h1-9,19H,10-15H2,(H,28,32)(H3,27,29,34)/t19-/m1/s1. The van der Waals surface area contributed by atoms with E-state index in [0.717, 1.165) is 11.6 Å². The van der Waals surface area contributed by atoms with Crippen LogP contribution in [0.25, 0.3) is 0 Å². The molecule has 3 rings (SSSR count). The van der Waals surface area contributed by atoms with Crippen LogP contribution < -0.4 is 16.4 Å². The number of urea groups is 1. The molecule has 182 valence electrons. The normalized spacial score (nSPS) is 15.4. The second-order valence-corrected chi connectivity index (χ2v) is 7.92. The number of rotatable bonds is 7. The summed E-state index contributed by atoms with van der Waals surface area (Å²) in [6, 6.07) is 12.5. The maximum absolute atomic E-state index is 13.1. The van der Waals surface area contributed by atoms with E-state index in [9.17, 15) is 27.6 Å². The molecule has 1 fully saturated rings. The van der Waals surface area contributed by atoms with Gasteiger partial charge < -0.3 is 21.3 Å². The lowest BCUT2D eigenvalue weighted by atomic mass is 10.0. The molecule has 2 aromatic rings. The molecular formula is C23H26F3N5O3. The number of alkyl halides is 3. The lowest BCUT2D eigenvalue weighted by Gasteiger charge is -2.35. The molecule has 1 atom stereocenters. The summed E-state index contributed by atoms with van der Waals surface area (Å²) in [5, 5.41) is 4.91. The van der Waals surface area contributed by atoms with Gasteiger partial charge in [0.15, 0.2) is 0 Å². The number of carbonyl (C=O) groups is 3. The summed E-state index contributed by atoms with van der Waals surface area (Å²) in [6.45, 7) is 1.38. The van der Waals surface area contributed by atoms with Crippen molar-refractivity contribution in [3.05, 3.63) is 65.7 Å². The van der Waals surface area contributed by atoms with Crippen molar-refractivity contribution in [1.82, 2.24) is 15.1 Å². The van der Waals surface area contributed by atoms with Crippen LogP contribution in [0.2, 0.25) is 0 Å². The first-order valence-corrected chi connectivity index (χ1v) is 10.7. The number of hydrogen-bond donors (Lipinski definition) is 3. The summed E-state index contributed by atoms with van der Waals surface area (Å²) in [5.41, 5.74) is 4.81. The number of anilines is 1. The SMILES string of the molecule is NC(=O)N[C@H](CC(=O)N1CCN(CC(=O)Nc2ccccc2C(F)(F)F)CC1)c1ccccc1. The smallest absolute Gasteiger partial charge is 0.352 e. The Bertz CT molecular complexity index is 1010. The molecule has 0 aromatic heterocycles. The number of nitrogens with zero attached hydrogens (tertiary/aromatic N) is 2. The Labute approximate surface area is 194 Å². The second-order valence-electron chi connectivity index (χ2n) is 7.92. The molecule has 0 spiro atoms. The molecule has 0 saturated carbocycles. The van der Waals surface area contributed by atoms with Crippen LogP contribution in [-0.4, -0.2) is 60.4 Å². The van der Waals surface area contributed by atoms with E-state index in [-0.39, 0.29) is 24.6 Å². The van der Waals surface area contributed by atoms with Crippen LogP contribution in [0.1, 0.15) is 23.6 Å². The highest BCUT2D eigenvalue weighted by molar-refractivity contribution is 5.93. The highest BCUT2D eigenvalue weighted by atomic mass is 19.4. The number of nitrogens with two attached hydrogens (primary N) is 1. The van der Waals surface area contributed by atoms with Gasteiger partial charge in [0.1, 0.15) is 0 Å². The molecule has 1 aliphatic rings. The van der Waals surface area contributed by atoms with Gasteiger partial charge in [-0.25, -0.2) is 4.79 Å². The van der Waals surface area contributed by atoms with Crippen molar-refractivity contribution in [1.29, 1.82) is 0 Å². The van der Waals surface area contributed by atoms with Gasteiger partial charge in [0.05, 0.1) is 30.3 Å². The Morgan fingerprint density at radius 3 is 2.18 bits per heavy atom. The average Bonchev–Trinajstić information content (AvgIpc) is 2.79. The number of halogens is 3. The molecule has 1 heterocycles. The van der Waals surface area contributed by atoms with Gasteiger partial charge in [-0.2, -0.15) is 13.2 Å². The maximum Gasteiger partial charge on any atom is 0.418 e. The number of amides is 4. The van der Waals surface area contributed by atoms with Crippen LogP contribution in [-0.2, 0) is 15.8 Å². The number of piperazine rings is 1. The fourth-order valence-electron chi connectivity index (χ4n) is 3.80. The zero-order valence-electron chi connectivity index (χ0n) is 18.3. The van der Waals surface area contributed by atoms with Crippen molar-refractivity contribution < 1.29 is 27.6 Å². The highest BCUT2D eigenvalue weighted by Crippen LogP contribution is 2.34. The zero-order valence-corrected chi connectivity index (χ0v) is 18.3. The number of hydrogen-bond acceptors (Lipinski definition) is 4. The highest BCUT2D eigenvalue weighted by Gasteiger charge is 2.34. The van der Waals surface area contributed by atoms with Crippen LogP contribution in [0.3, 0.4) is 0 Å². The summed E-state index contributed by atoms with van der Waals surface area (Å²) in [6.07, 6.45) is -4.54. The van der Waals surface area contributed by atoms with Gasteiger partial charge in [-0.1, -0.05) is 42.5 Å². The Morgan fingerprint density at radius 2 is 1.56 bits per heavy atom. The Hall–Kier alpha value is -3.60. The summed E-state index contributed by atoms with van der Waals surface area (Å²) in [5.74, 6) is -0.739. The van der Waals surface area contributed by atoms with Crippen LogP contribution >= 0.6 is 0 Å². The third kappa shape index (κ3) is 6.95. The van der Waals surface area contributed by atoms with Crippen molar-refractivity contribution in [2.75, 3.05) is 38.0 Å². The second kappa shape index (κ2) is 11.0. The number of carbonyl (C=O) groups excluding carboxylic acids is 3. The number of nitrogens with one attached hydrogen (secondary N) is 2. The van der Waals surface area contributed by atoms with Gasteiger partial charge >= 0.3 is 12.2 Å². The molecule has 0 unspecified atom stereocenters. The summed E-state index contributed by atoms with van der Waals surface area (Å²) >= 11 is 0. The van der Waals surface area contributed by atoms with Gasteiger partial charge in [-0.15, -0.1) is 0 Å². The molecule has 4 amide bonds. The fourth-order valence-corrected chi connectivity index (χ4v) is 3.80. The van der Waals surface area contributed by atoms with E-state index in [1.54, 1.807) is 34.1 Å². The maximum atomic E-state index is 13.1. The first-order valence-electron chi connectivity index (χ1n) is 10.7. The van der Waals surface area contributed by atoms with Crippen LogP contribution in [0, 0.1) is 0 Å². The molecule has 1 saturated heterocycles. The first kappa shape index (κ1) is 25.0. The van der Waals surface area contributed by atoms with Crippen molar-refractivity contribution in [3.63, 3.8) is 0 Å². The van der Waals surface area contributed by atoms with E-state index in [0.29, 0.717) is 26.2 Å². The lowest BCUT2D eigenvalue weighted by molar-refractivity contribution is -0.137. The minimum absolute atomic E-state index is 0.0294. The van der Waals surface area contributed by atoms with Crippen LogP contribution in [0.4, 0.5) is 23.7 Å². The zero-order chi connectivity index (χ0) is 24.7. The van der Waals surface area contributed by atoms with E-state index < -0.39 is 29.7 Å². The van der Waals surface area contributed by atoms with Gasteiger partial charge in [0.25, 0.3) is 0 Å². The molecule has 0 radical (unpaired) electrons. The minimum atomic E-state index is -4.57. The topological polar surface area (TPSA) is 108 Å². The number of primary amides is 1. The molecular weight excluding hydrogens is 451 g/mol. The monoisotopic (exact) mass is 477 g/mol. The molecule has 0 aliphatic carbocycles. The Balaban J connectivity index is 1.51. The van der Waals surface area contributed by atoms with E-state index in [2.05, 4.69) is 10.6 Å². The Morgan fingerprint density at radius 1 is 0.941 bits per heavy atom. The van der Waals surface area contributed by atoms with Crippen molar-refractivity contribution in [2.24, 2.45) is 5.73 Å². The van der Waals surface area contributed by atoms with Crippen LogP contribution in [0.15, 0.2) is 54.6 Å². The largest absolute Gasteiger partial charge is 0.418 e. The van der Waals surface area contributed by atoms with E-state index in [4.69, 9.17) is 5.73 Å². The third-order valence-corrected chi connectivity index (χ3v) is 5.50. The quantitative estimate of drug-likeness (QED) is 0.570. The lowest BCUT2D eigenvalue weighted by Crippen LogP contribution is -2.51. The molecule has 0 bridgehead atoms. The summed E-state index contributed by atoms with van der Waals surface area (Å²) < 4.78 is 39.3. The molecule has 34 heavy (non-hydrogen) atoms. The predicted molar refractivity (Wildman–Crippen MR) is 120 cm³/mol. The van der Waals surface area contributed by atoms with Gasteiger partial charge in [-0.3, -0.25) is 14.5 Å².